The lowest BCUT2D eigenvalue weighted by Gasteiger charge is -2.40. The number of carbonyl (C=O) groups is 2. The van der Waals surface area contributed by atoms with Crippen molar-refractivity contribution in [1.29, 1.82) is 0 Å². The van der Waals surface area contributed by atoms with E-state index in [1.165, 1.54) is 5.56 Å². The average molecular weight is 364 g/mol. The van der Waals surface area contributed by atoms with Crippen molar-refractivity contribution in [2.45, 2.75) is 38.0 Å². The van der Waals surface area contributed by atoms with Crippen LogP contribution in [0.3, 0.4) is 0 Å². The fourth-order valence-electron chi connectivity index (χ4n) is 3.92. The largest absolute Gasteiger partial charge is 0.355 e. The van der Waals surface area contributed by atoms with Gasteiger partial charge in [-0.25, -0.2) is 0 Å². The first-order valence-electron chi connectivity index (χ1n) is 9.75. The van der Waals surface area contributed by atoms with E-state index in [9.17, 15) is 9.59 Å². The van der Waals surface area contributed by atoms with E-state index in [1.54, 1.807) is 6.92 Å². The van der Waals surface area contributed by atoms with Crippen molar-refractivity contribution in [3.8, 4) is 0 Å². The summed E-state index contributed by atoms with van der Waals surface area (Å²) in [5.41, 5.74) is 1.80. The molecule has 1 fully saturated rings. The van der Waals surface area contributed by atoms with Crippen molar-refractivity contribution >= 4 is 11.8 Å². The van der Waals surface area contributed by atoms with Crippen LogP contribution in [-0.4, -0.2) is 36.3 Å². The molecule has 1 saturated heterocycles. The Bertz CT molecular complexity index is 750. The minimum absolute atomic E-state index is 0.0833. The van der Waals surface area contributed by atoms with Crippen LogP contribution < -0.4 is 5.32 Å². The van der Waals surface area contributed by atoms with Crippen molar-refractivity contribution in [3.05, 3.63) is 71.8 Å². The summed E-state index contributed by atoms with van der Waals surface area (Å²) in [6.45, 7) is 3.52. The lowest BCUT2D eigenvalue weighted by molar-refractivity contribution is -0.135. The van der Waals surface area contributed by atoms with Gasteiger partial charge in [0.2, 0.25) is 11.8 Å². The molecule has 2 aromatic carbocycles. The number of nitrogens with zero attached hydrogens (tertiary/aromatic N) is 1. The Balaban J connectivity index is 1.64. The van der Waals surface area contributed by atoms with Crippen molar-refractivity contribution in [1.82, 2.24) is 10.2 Å². The van der Waals surface area contributed by atoms with Crippen LogP contribution in [0, 0.1) is 0 Å². The molecule has 0 spiro atoms. The number of nitrogens with one attached hydrogen (secondary N) is 1. The fraction of sp³-hybridized carbons (Fsp3) is 0.391. The molecule has 0 bridgehead atoms. The number of hydrogen-bond donors (Lipinski definition) is 1. The first kappa shape index (κ1) is 19.2. The van der Waals surface area contributed by atoms with Gasteiger partial charge in [-0.3, -0.25) is 9.59 Å². The molecule has 0 aromatic heterocycles. The molecule has 2 aromatic rings. The van der Waals surface area contributed by atoms with Gasteiger partial charge in [0, 0.05) is 26.6 Å². The molecule has 0 aliphatic carbocycles. The molecule has 1 heterocycles. The summed E-state index contributed by atoms with van der Waals surface area (Å²) in [7, 11) is 0. The molecule has 0 unspecified atom stereocenters. The van der Waals surface area contributed by atoms with Crippen molar-refractivity contribution < 1.29 is 9.59 Å². The van der Waals surface area contributed by atoms with E-state index in [1.807, 2.05) is 53.4 Å². The molecule has 142 valence electrons. The Morgan fingerprint density at radius 3 is 2.15 bits per heavy atom. The summed E-state index contributed by atoms with van der Waals surface area (Å²) >= 11 is 0. The number of benzene rings is 2. The highest BCUT2D eigenvalue weighted by Gasteiger charge is 2.43. The summed E-state index contributed by atoms with van der Waals surface area (Å²) in [5, 5.41) is 3.16. The first-order chi connectivity index (χ1) is 13.1. The third kappa shape index (κ3) is 4.57. The Kier molecular flexibility index (Phi) is 6.28. The predicted octanol–water partition coefficient (Wildman–Crippen LogP) is 3.32. The number of carbonyl (C=O) groups excluding carboxylic acids is 2. The highest BCUT2D eigenvalue weighted by atomic mass is 16.2. The van der Waals surface area contributed by atoms with Gasteiger partial charge in [0.05, 0.1) is 5.41 Å². The van der Waals surface area contributed by atoms with Crippen LogP contribution in [0.5, 0.6) is 0 Å². The highest BCUT2D eigenvalue weighted by Crippen LogP contribution is 2.36. The number of amides is 2. The standard InChI is InChI=1S/C23H28N2O2/c1-19(26)25-17-14-23(15-18-25,21-12-6-3-7-13-21)22(27)24-16-8-11-20-9-4-2-5-10-20/h2-7,9-10,12-13H,8,11,14-18H2,1H3,(H,24,27). The zero-order valence-electron chi connectivity index (χ0n) is 16.0. The molecule has 1 aliphatic heterocycles. The molecular formula is C23H28N2O2. The Morgan fingerprint density at radius 1 is 0.963 bits per heavy atom. The molecule has 1 aliphatic rings. The summed E-state index contributed by atoms with van der Waals surface area (Å²) < 4.78 is 0. The van der Waals surface area contributed by atoms with Gasteiger partial charge in [0.25, 0.3) is 0 Å². The highest BCUT2D eigenvalue weighted by molar-refractivity contribution is 5.88. The van der Waals surface area contributed by atoms with E-state index in [-0.39, 0.29) is 11.8 Å². The summed E-state index contributed by atoms with van der Waals surface area (Å²) in [5.74, 6) is 0.171. The SMILES string of the molecule is CC(=O)N1CCC(C(=O)NCCCc2ccccc2)(c2ccccc2)CC1. The van der Waals surface area contributed by atoms with Gasteiger partial charge in [0.1, 0.15) is 0 Å². The van der Waals surface area contributed by atoms with Crippen LogP contribution in [0.25, 0.3) is 0 Å². The van der Waals surface area contributed by atoms with Gasteiger partial charge in [-0.05, 0) is 36.8 Å². The minimum Gasteiger partial charge on any atom is -0.355 e. The average Bonchev–Trinajstić information content (AvgIpc) is 2.72. The number of rotatable bonds is 6. The van der Waals surface area contributed by atoms with E-state index in [2.05, 4.69) is 17.4 Å². The zero-order chi connectivity index (χ0) is 19.1. The van der Waals surface area contributed by atoms with Crippen molar-refractivity contribution in [2.75, 3.05) is 19.6 Å². The summed E-state index contributed by atoms with van der Waals surface area (Å²) in [6, 6.07) is 20.3. The molecule has 3 rings (SSSR count). The Hall–Kier alpha value is -2.62. The molecule has 27 heavy (non-hydrogen) atoms. The van der Waals surface area contributed by atoms with E-state index >= 15 is 0 Å². The molecule has 4 heteroatoms. The van der Waals surface area contributed by atoms with Gasteiger partial charge in [-0.2, -0.15) is 0 Å². The summed E-state index contributed by atoms with van der Waals surface area (Å²) in [6.07, 6.45) is 3.21. The molecule has 0 atom stereocenters. The smallest absolute Gasteiger partial charge is 0.230 e. The topological polar surface area (TPSA) is 49.4 Å². The maximum absolute atomic E-state index is 13.2. The second kappa shape index (κ2) is 8.85. The summed E-state index contributed by atoms with van der Waals surface area (Å²) in [4.78, 5) is 26.7. The second-order valence-electron chi connectivity index (χ2n) is 7.30. The van der Waals surface area contributed by atoms with Gasteiger partial charge in [-0.1, -0.05) is 60.7 Å². The molecule has 0 radical (unpaired) electrons. The zero-order valence-corrected chi connectivity index (χ0v) is 16.0. The molecular weight excluding hydrogens is 336 g/mol. The fourth-order valence-corrected chi connectivity index (χ4v) is 3.92. The van der Waals surface area contributed by atoms with Crippen LogP contribution in [-0.2, 0) is 21.4 Å². The van der Waals surface area contributed by atoms with Crippen molar-refractivity contribution in [3.63, 3.8) is 0 Å². The number of likely N-dealkylation sites (tertiary alicyclic amines) is 1. The quantitative estimate of drug-likeness (QED) is 0.800. The minimum atomic E-state index is -0.542. The number of hydrogen-bond acceptors (Lipinski definition) is 2. The van der Waals surface area contributed by atoms with Crippen LogP contribution in [0.1, 0.15) is 37.3 Å². The third-order valence-electron chi connectivity index (χ3n) is 5.59. The Morgan fingerprint density at radius 2 is 1.56 bits per heavy atom. The lowest BCUT2D eigenvalue weighted by atomic mass is 9.72. The lowest BCUT2D eigenvalue weighted by Crippen LogP contribution is -2.52. The maximum Gasteiger partial charge on any atom is 0.230 e. The van der Waals surface area contributed by atoms with Gasteiger partial charge in [0.15, 0.2) is 0 Å². The van der Waals surface area contributed by atoms with Crippen LogP contribution in [0.4, 0.5) is 0 Å². The third-order valence-corrected chi connectivity index (χ3v) is 5.59. The molecule has 0 saturated carbocycles. The van der Waals surface area contributed by atoms with Crippen molar-refractivity contribution in [2.24, 2.45) is 0 Å². The Labute approximate surface area is 161 Å². The van der Waals surface area contributed by atoms with Gasteiger partial charge >= 0.3 is 0 Å². The normalized spacial score (nSPS) is 16.0. The van der Waals surface area contributed by atoms with Crippen LogP contribution in [0.15, 0.2) is 60.7 Å². The molecule has 2 amide bonds. The van der Waals surface area contributed by atoms with Crippen LogP contribution in [0.2, 0.25) is 0 Å². The second-order valence-corrected chi connectivity index (χ2v) is 7.30. The molecule has 1 N–H and O–H groups in total. The van der Waals surface area contributed by atoms with E-state index < -0.39 is 5.41 Å². The van der Waals surface area contributed by atoms with Crippen LogP contribution >= 0.6 is 0 Å². The maximum atomic E-state index is 13.2. The number of aryl methyl sites for hydroxylation is 1. The number of piperidine rings is 1. The monoisotopic (exact) mass is 364 g/mol. The van der Waals surface area contributed by atoms with Gasteiger partial charge < -0.3 is 10.2 Å². The van der Waals surface area contributed by atoms with Gasteiger partial charge in [-0.15, -0.1) is 0 Å². The molecule has 4 nitrogen and oxygen atoms in total. The van der Waals surface area contributed by atoms with E-state index in [0.29, 0.717) is 32.5 Å². The predicted molar refractivity (Wildman–Crippen MR) is 107 cm³/mol. The van der Waals surface area contributed by atoms with E-state index in [4.69, 9.17) is 0 Å². The first-order valence-corrected chi connectivity index (χ1v) is 9.75. The van der Waals surface area contributed by atoms with E-state index in [0.717, 1.165) is 18.4 Å².